The first kappa shape index (κ1) is 20.6. The molecule has 0 N–H and O–H groups in total. The Kier molecular flexibility index (Phi) is 6.16. The molecular weight excluding hydrogens is 458 g/mol. The van der Waals surface area contributed by atoms with Crippen molar-refractivity contribution in [2.75, 3.05) is 5.75 Å². The van der Waals surface area contributed by atoms with Crippen LogP contribution in [0.15, 0.2) is 82.4 Å². The second kappa shape index (κ2) is 8.98. The number of hydrogen-bond acceptors (Lipinski definition) is 4. The maximum atomic E-state index is 12.7. The van der Waals surface area contributed by atoms with Gasteiger partial charge in [0.15, 0.2) is 16.8 Å². The van der Waals surface area contributed by atoms with Gasteiger partial charge in [-0.1, -0.05) is 76.2 Å². The normalized spacial score (nSPS) is 10.9. The predicted octanol–water partition coefficient (Wildman–Crippen LogP) is 6.29. The summed E-state index contributed by atoms with van der Waals surface area (Å²) in [6, 6.07) is 23.7. The highest BCUT2D eigenvalue weighted by Crippen LogP contribution is 2.29. The van der Waals surface area contributed by atoms with Gasteiger partial charge in [0.05, 0.1) is 11.4 Å². The Morgan fingerprint density at radius 1 is 0.933 bits per heavy atom. The second-order valence-corrected chi connectivity index (χ2v) is 8.85. The lowest BCUT2D eigenvalue weighted by Crippen LogP contribution is -2.05. The summed E-state index contributed by atoms with van der Waals surface area (Å²) in [5.41, 5.74) is 5.08. The van der Waals surface area contributed by atoms with Gasteiger partial charge in [0.25, 0.3) is 0 Å². The number of nitrogens with zero attached hydrogens (tertiary/aromatic N) is 3. The molecule has 0 fully saturated rings. The van der Waals surface area contributed by atoms with Crippen LogP contribution in [0.2, 0.25) is 0 Å². The van der Waals surface area contributed by atoms with E-state index in [9.17, 15) is 4.79 Å². The van der Waals surface area contributed by atoms with Crippen LogP contribution in [0.3, 0.4) is 0 Å². The quantitative estimate of drug-likeness (QED) is 0.242. The zero-order chi connectivity index (χ0) is 21.1. The molecule has 4 nitrogen and oxygen atoms in total. The highest BCUT2D eigenvalue weighted by atomic mass is 79.9. The molecule has 0 unspecified atom stereocenters. The molecule has 0 aliphatic rings. The van der Waals surface area contributed by atoms with Gasteiger partial charge in [-0.2, -0.15) is 0 Å². The average molecular weight is 478 g/mol. The largest absolute Gasteiger partial charge is 0.293 e. The summed E-state index contributed by atoms with van der Waals surface area (Å²) < 4.78 is 2.98. The number of rotatable bonds is 6. The van der Waals surface area contributed by atoms with Gasteiger partial charge in [-0.05, 0) is 49.2 Å². The maximum absolute atomic E-state index is 12.7. The molecule has 0 atom stereocenters. The molecule has 3 aromatic carbocycles. The number of ketones is 1. The molecule has 0 amide bonds. The summed E-state index contributed by atoms with van der Waals surface area (Å²) in [5, 5.41) is 9.57. The minimum Gasteiger partial charge on any atom is -0.293 e. The Hall–Kier alpha value is -2.70. The van der Waals surface area contributed by atoms with Gasteiger partial charge in [-0.3, -0.25) is 9.36 Å². The molecule has 1 heterocycles. The van der Waals surface area contributed by atoms with E-state index in [0.717, 1.165) is 21.5 Å². The van der Waals surface area contributed by atoms with E-state index >= 15 is 0 Å². The summed E-state index contributed by atoms with van der Waals surface area (Å²) in [7, 11) is 0. The molecule has 0 saturated heterocycles. The van der Waals surface area contributed by atoms with E-state index in [1.54, 1.807) is 0 Å². The molecule has 0 aliphatic heterocycles. The number of halogens is 1. The van der Waals surface area contributed by atoms with Crippen molar-refractivity contribution >= 4 is 33.5 Å². The number of thioether (sulfide) groups is 1. The van der Waals surface area contributed by atoms with Crippen LogP contribution in [0.5, 0.6) is 0 Å². The molecular formula is C24H20BrN3OS. The van der Waals surface area contributed by atoms with Gasteiger partial charge in [-0.15, -0.1) is 10.2 Å². The third-order valence-electron chi connectivity index (χ3n) is 4.91. The molecule has 4 aromatic rings. The number of benzene rings is 3. The standard InChI is InChI=1S/C24H20BrN3OS/c1-16-8-13-21(14-17(16)2)28-23(19-6-4-3-5-7-19)26-27-24(28)30-15-22(29)18-9-11-20(25)12-10-18/h3-14H,15H2,1-2H3. The van der Waals surface area contributed by atoms with E-state index in [1.165, 1.54) is 22.9 Å². The molecule has 6 heteroatoms. The lowest BCUT2D eigenvalue weighted by Gasteiger charge is -2.12. The number of carbonyl (C=O) groups is 1. The average Bonchev–Trinajstić information content (AvgIpc) is 3.19. The Labute approximate surface area is 188 Å². The van der Waals surface area contributed by atoms with E-state index in [4.69, 9.17) is 0 Å². The summed E-state index contributed by atoms with van der Waals surface area (Å²) in [6.07, 6.45) is 0. The second-order valence-electron chi connectivity index (χ2n) is 6.99. The van der Waals surface area contributed by atoms with Crippen LogP contribution in [0.1, 0.15) is 21.5 Å². The lowest BCUT2D eigenvalue weighted by molar-refractivity contribution is 0.102. The smallest absolute Gasteiger partial charge is 0.196 e. The van der Waals surface area contributed by atoms with Gasteiger partial charge >= 0.3 is 0 Å². The Morgan fingerprint density at radius 3 is 2.37 bits per heavy atom. The summed E-state index contributed by atoms with van der Waals surface area (Å²) >= 11 is 4.81. The van der Waals surface area contributed by atoms with Gasteiger partial charge in [0.1, 0.15) is 0 Å². The van der Waals surface area contributed by atoms with Crippen molar-refractivity contribution < 1.29 is 4.79 Å². The Morgan fingerprint density at radius 2 is 1.67 bits per heavy atom. The van der Waals surface area contributed by atoms with Crippen LogP contribution in [-0.4, -0.2) is 26.3 Å². The zero-order valence-electron chi connectivity index (χ0n) is 16.7. The molecule has 1 aromatic heterocycles. The minimum absolute atomic E-state index is 0.0587. The van der Waals surface area contributed by atoms with E-state index in [0.29, 0.717) is 16.5 Å². The van der Waals surface area contributed by atoms with Crippen molar-refractivity contribution in [3.05, 3.63) is 94.0 Å². The van der Waals surface area contributed by atoms with Crippen molar-refractivity contribution in [1.82, 2.24) is 14.8 Å². The molecule has 0 aliphatic carbocycles. The monoisotopic (exact) mass is 477 g/mol. The summed E-state index contributed by atoms with van der Waals surface area (Å²) in [5.74, 6) is 1.11. The van der Waals surface area contributed by atoms with Gasteiger partial charge < -0.3 is 0 Å². The molecule has 0 saturated carbocycles. The van der Waals surface area contributed by atoms with Crippen LogP contribution >= 0.6 is 27.7 Å². The first-order valence-corrected chi connectivity index (χ1v) is 11.3. The highest BCUT2D eigenvalue weighted by Gasteiger charge is 2.18. The number of carbonyl (C=O) groups excluding carboxylic acids is 1. The number of aromatic nitrogens is 3. The third kappa shape index (κ3) is 4.40. The van der Waals surface area contributed by atoms with Crippen LogP contribution in [-0.2, 0) is 0 Å². The fourth-order valence-corrected chi connectivity index (χ4v) is 4.19. The predicted molar refractivity (Wildman–Crippen MR) is 125 cm³/mol. The van der Waals surface area contributed by atoms with Crippen molar-refractivity contribution in [3.63, 3.8) is 0 Å². The van der Waals surface area contributed by atoms with Crippen molar-refractivity contribution in [2.45, 2.75) is 19.0 Å². The first-order valence-electron chi connectivity index (χ1n) is 9.53. The highest BCUT2D eigenvalue weighted by molar-refractivity contribution is 9.10. The van der Waals surface area contributed by atoms with Gasteiger partial charge in [0.2, 0.25) is 0 Å². The number of Topliss-reactive ketones (excluding diaryl/α,β-unsaturated/α-hetero) is 1. The summed E-state index contributed by atoms with van der Waals surface area (Å²) in [6.45, 7) is 4.19. The molecule has 0 bridgehead atoms. The Bertz CT molecular complexity index is 1190. The van der Waals surface area contributed by atoms with E-state index in [1.807, 2.05) is 59.2 Å². The fourth-order valence-electron chi connectivity index (χ4n) is 3.08. The molecule has 0 spiro atoms. The maximum Gasteiger partial charge on any atom is 0.196 e. The topological polar surface area (TPSA) is 47.8 Å². The molecule has 0 radical (unpaired) electrons. The van der Waals surface area contributed by atoms with Gasteiger partial charge in [0, 0.05) is 15.6 Å². The number of hydrogen-bond donors (Lipinski definition) is 0. The van der Waals surface area contributed by atoms with Crippen LogP contribution < -0.4 is 0 Å². The molecule has 4 rings (SSSR count). The summed E-state index contributed by atoms with van der Waals surface area (Å²) in [4.78, 5) is 12.7. The molecule has 30 heavy (non-hydrogen) atoms. The first-order chi connectivity index (χ1) is 14.5. The van der Waals surface area contributed by atoms with Gasteiger partial charge in [-0.25, -0.2) is 0 Å². The fraction of sp³-hybridized carbons (Fsp3) is 0.125. The van der Waals surface area contributed by atoms with Crippen molar-refractivity contribution in [1.29, 1.82) is 0 Å². The molecule has 150 valence electrons. The third-order valence-corrected chi connectivity index (χ3v) is 6.37. The minimum atomic E-state index is 0.0587. The van der Waals surface area contributed by atoms with E-state index in [-0.39, 0.29) is 5.78 Å². The van der Waals surface area contributed by atoms with Crippen LogP contribution in [0.25, 0.3) is 17.1 Å². The Balaban J connectivity index is 1.69. The van der Waals surface area contributed by atoms with Crippen LogP contribution in [0, 0.1) is 13.8 Å². The van der Waals surface area contributed by atoms with Crippen molar-refractivity contribution in [3.8, 4) is 17.1 Å². The van der Waals surface area contributed by atoms with Crippen molar-refractivity contribution in [2.24, 2.45) is 0 Å². The number of aryl methyl sites for hydroxylation is 2. The van der Waals surface area contributed by atoms with E-state index < -0.39 is 0 Å². The van der Waals surface area contributed by atoms with E-state index in [2.05, 4.69) is 58.2 Å². The lowest BCUT2D eigenvalue weighted by atomic mass is 10.1. The zero-order valence-corrected chi connectivity index (χ0v) is 19.1. The SMILES string of the molecule is Cc1ccc(-n2c(SCC(=O)c3ccc(Br)cc3)nnc2-c2ccccc2)cc1C. The van der Waals surface area contributed by atoms with Crippen LogP contribution in [0.4, 0.5) is 0 Å².